The van der Waals surface area contributed by atoms with Gasteiger partial charge in [-0.2, -0.15) is 0 Å². The van der Waals surface area contributed by atoms with Crippen LogP contribution in [0.3, 0.4) is 0 Å². The smallest absolute Gasteiger partial charge is 0.360 e. The van der Waals surface area contributed by atoms with Crippen molar-refractivity contribution in [3.8, 4) is 17.3 Å². The number of aromatic nitrogens is 2. The number of fused-ring (bicyclic) bond motifs is 4. The summed E-state index contributed by atoms with van der Waals surface area (Å²) >= 11 is 0. The van der Waals surface area contributed by atoms with Crippen LogP contribution in [0.2, 0.25) is 0 Å². The molecule has 0 radical (unpaired) electrons. The lowest BCUT2D eigenvalue weighted by Crippen LogP contribution is -2.51. The van der Waals surface area contributed by atoms with Gasteiger partial charge in [0.1, 0.15) is 29.6 Å². The molecule has 0 saturated heterocycles. The van der Waals surface area contributed by atoms with Crippen molar-refractivity contribution < 1.29 is 37.8 Å². The van der Waals surface area contributed by atoms with Crippen LogP contribution in [0.4, 0.5) is 5.69 Å². The molecule has 13 heteroatoms. The van der Waals surface area contributed by atoms with Gasteiger partial charge in [0.15, 0.2) is 23.4 Å². The third-order valence-electron chi connectivity index (χ3n) is 8.26. The number of para-hydroxylation sites is 1. The first-order valence-corrected chi connectivity index (χ1v) is 14.2. The Morgan fingerprint density at radius 1 is 1.16 bits per heavy atom. The third kappa shape index (κ3) is 4.14. The van der Waals surface area contributed by atoms with Crippen molar-refractivity contribution in [1.29, 1.82) is 0 Å². The lowest BCUT2D eigenvalue weighted by Gasteiger charge is -2.27. The molecule has 4 bridgehead atoms. The van der Waals surface area contributed by atoms with E-state index < -0.39 is 41.6 Å². The Morgan fingerprint density at radius 3 is 2.77 bits per heavy atom. The molecule has 13 nitrogen and oxygen atoms in total. The van der Waals surface area contributed by atoms with Crippen LogP contribution in [0.25, 0.3) is 11.6 Å². The van der Waals surface area contributed by atoms with E-state index in [2.05, 4.69) is 25.9 Å². The van der Waals surface area contributed by atoms with Gasteiger partial charge in [-0.3, -0.25) is 9.59 Å². The Balaban J connectivity index is 1.42. The number of nitrogens with zero attached hydrogens (tertiary/aromatic N) is 2. The lowest BCUT2D eigenvalue weighted by atomic mass is 9.72. The number of benzene rings is 2. The number of carbonyl (C=O) groups excluding carboxylic acids is 3. The maximum atomic E-state index is 13.4. The summed E-state index contributed by atoms with van der Waals surface area (Å²) in [6, 6.07) is 12.3. The minimum absolute atomic E-state index is 0.0199. The number of rotatable bonds is 5. The number of methoxy groups -OCH3 is 1. The van der Waals surface area contributed by atoms with Gasteiger partial charge in [-0.05, 0) is 29.2 Å². The van der Waals surface area contributed by atoms with Gasteiger partial charge in [0, 0.05) is 17.7 Å². The van der Waals surface area contributed by atoms with Gasteiger partial charge >= 0.3 is 5.97 Å². The molecule has 226 valence electrons. The lowest BCUT2D eigenvalue weighted by molar-refractivity contribution is -0.135. The summed E-state index contributed by atoms with van der Waals surface area (Å²) in [5, 5.41) is 19.3. The number of aliphatic hydroxyl groups is 1. The van der Waals surface area contributed by atoms with Crippen molar-refractivity contribution in [1.82, 2.24) is 20.6 Å². The third-order valence-corrected chi connectivity index (χ3v) is 8.26. The summed E-state index contributed by atoms with van der Waals surface area (Å²) in [5.74, 6) is -1.06. The molecule has 2 amide bonds. The van der Waals surface area contributed by atoms with Gasteiger partial charge in [-0.15, -0.1) is 0 Å². The average molecular weight is 600 g/mol. The highest BCUT2D eigenvalue weighted by Gasteiger charge is 2.61. The molecule has 5 heterocycles. The molecule has 1 spiro atoms. The first-order chi connectivity index (χ1) is 21.2. The molecule has 2 aromatic carbocycles. The molecule has 4 N–H and O–H groups in total. The minimum atomic E-state index is -1.28. The predicted molar refractivity (Wildman–Crippen MR) is 152 cm³/mol. The first kappa shape index (κ1) is 27.7. The van der Waals surface area contributed by atoms with Crippen LogP contribution in [0, 0.1) is 5.92 Å². The Hall–Kier alpha value is -5.17. The highest BCUT2D eigenvalue weighted by Crippen LogP contribution is 2.59. The van der Waals surface area contributed by atoms with Crippen molar-refractivity contribution in [2.24, 2.45) is 5.92 Å². The van der Waals surface area contributed by atoms with Crippen molar-refractivity contribution in [2.75, 3.05) is 12.4 Å². The summed E-state index contributed by atoms with van der Waals surface area (Å²) in [7, 11) is 1.24. The number of nitrogens with one attached hydrogen (secondary N) is 3. The van der Waals surface area contributed by atoms with E-state index in [0.717, 1.165) is 22.4 Å². The van der Waals surface area contributed by atoms with Gasteiger partial charge < -0.3 is 39.4 Å². The van der Waals surface area contributed by atoms with E-state index in [1.54, 1.807) is 13.8 Å². The first-order valence-electron chi connectivity index (χ1n) is 14.2. The van der Waals surface area contributed by atoms with Crippen LogP contribution in [0.15, 0.2) is 57.6 Å². The highest BCUT2D eigenvalue weighted by atomic mass is 16.5. The summed E-state index contributed by atoms with van der Waals surface area (Å²) < 4.78 is 23.5. The monoisotopic (exact) mass is 599 g/mol. The Kier molecular flexibility index (Phi) is 6.43. The predicted octanol–water partition coefficient (Wildman–Crippen LogP) is 2.27. The zero-order valence-corrected chi connectivity index (χ0v) is 24.0. The van der Waals surface area contributed by atoms with Gasteiger partial charge in [0.2, 0.25) is 23.6 Å². The normalized spacial score (nSPS) is 22.0. The van der Waals surface area contributed by atoms with E-state index in [4.69, 9.17) is 18.3 Å². The van der Waals surface area contributed by atoms with Gasteiger partial charge in [0.25, 0.3) is 0 Å². The van der Waals surface area contributed by atoms with Crippen molar-refractivity contribution in [3.05, 3.63) is 82.8 Å². The molecule has 0 saturated carbocycles. The summed E-state index contributed by atoms with van der Waals surface area (Å²) in [5.41, 5.74) is 2.27. The second kappa shape index (κ2) is 10.2. The van der Waals surface area contributed by atoms with E-state index in [-0.39, 0.29) is 42.1 Å². The Labute approximate surface area is 251 Å². The minimum Gasteiger partial charge on any atom is -0.469 e. The largest absolute Gasteiger partial charge is 0.469 e. The number of amides is 2. The summed E-state index contributed by atoms with van der Waals surface area (Å²) in [4.78, 5) is 47.5. The van der Waals surface area contributed by atoms with Crippen molar-refractivity contribution in [3.63, 3.8) is 0 Å². The van der Waals surface area contributed by atoms with Crippen LogP contribution in [0.1, 0.15) is 52.7 Å². The Bertz CT molecular complexity index is 1810. The highest BCUT2D eigenvalue weighted by molar-refractivity contribution is 5.90. The maximum absolute atomic E-state index is 13.4. The van der Waals surface area contributed by atoms with Crippen LogP contribution in [0.5, 0.6) is 5.75 Å². The maximum Gasteiger partial charge on any atom is 0.360 e. The second-order valence-electron chi connectivity index (χ2n) is 11.3. The van der Waals surface area contributed by atoms with Gasteiger partial charge in [-0.1, -0.05) is 44.2 Å². The van der Waals surface area contributed by atoms with E-state index in [1.165, 1.54) is 13.4 Å². The molecule has 3 aliphatic rings. The van der Waals surface area contributed by atoms with Gasteiger partial charge in [0.05, 0.1) is 13.7 Å². The Morgan fingerprint density at radius 2 is 1.98 bits per heavy atom. The molecule has 2 aromatic heterocycles. The number of anilines is 1. The number of oxazole rings is 2. The van der Waals surface area contributed by atoms with Crippen LogP contribution < -0.4 is 20.7 Å². The number of ether oxygens (including phenoxy) is 2. The van der Waals surface area contributed by atoms with Crippen LogP contribution in [-0.2, 0) is 32.7 Å². The SMILES string of the molecule is COC(=O)c1coc(-c2nc3oc2C24c5ccccc5NC2Oc2ccc(cc24)CC(NC(=O)C(O)C(C)C)C(=O)NC3)n1. The molecule has 3 aliphatic heterocycles. The summed E-state index contributed by atoms with van der Waals surface area (Å²) in [6.07, 6.45) is -0.599. The average Bonchev–Trinajstić information content (AvgIpc) is 3.79. The van der Waals surface area contributed by atoms with Crippen LogP contribution >= 0.6 is 0 Å². The number of aliphatic hydroxyl groups excluding tert-OH is 1. The summed E-state index contributed by atoms with van der Waals surface area (Å²) in [6.45, 7) is 3.30. The molecular weight excluding hydrogens is 570 g/mol. The standard InChI is InChI=1S/C31H29N5O8/c1-14(2)24(37)27(39)33-19-11-15-8-9-21-17(10-15)31(16-6-4-5-7-18(16)35-30(31)43-21)25-23(36-22(44-25)12-32-26(19)38)28-34-20(13-42-28)29(40)41-3/h4-10,13-14,19,24,30,35,37H,11-12H2,1-3H3,(H,32,38)(H,33,39). The number of carbonyl (C=O) groups is 3. The number of esters is 1. The zero-order chi connectivity index (χ0) is 30.7. The second-order valence-corrected chi connectivity index (χ2v) is 11.3. The van der Waals surface area contributed by atoms with E-state index in [1.807, 2.05) is 42.5 Å². The van der Waals surface area contributed by atoms with E-state index >= 15 is 0 Å². The quantitative estimate of drug-likeness (QED) is 0.247. The van der Waals surface area contributed by atoms with Crippen molar-refractivity contribution >= 4 is 23.5 Å². The van der Waals surface area contributed by atoms with E-state index in [9.17, 15) is 19.5 Å². The van der Waals surface area contributed by atoms with E-state index in [0.29, 0.717) is 11.5 Å². The molecule has 4 aromatic rings. The topological polar surface area (TPSA) is 178 Å². The molecular formula is C31H29N5O8. The molecule has 44 heavy (non-hydrogen) atoms. The molecule has 0 fully saturated rings. The van der Waals surface area contributed by atoms with Crippen molar-refractivity contribution in [2.45, 2.75) is 50.6 Å². The fourth-order valence-corrected chi connectivity index (χ4v) is 6.08. The fraction of sp³-hybridized carbons (Fsp3) is 0.323. The molecule has 4 atom stereocenters. The molecule has 4 unspecified atom stereocenters. The number of hydrogen-bond donors (Lipinski definition) is 4. The molecule has 7 rings (SSSR count). The van der Waals surface area contributed by atoms with Gasteiger partial charge in [-0.25, -0.2) is 14.8 Å². The molecule has 0 aliphatic carbocycles. The van der Waals surface area contributed by atoms with Crippen LogP contribution in [-0.4, -0.2) is 58.3 Å². The number of hydrogen-bond acceptors (Lipinski definition) is 11. The fourth-order valence-electron chi connectivity index (χ4n) is 6.08. The zero-order valence-electron chi connectivity index (χ0n) is 24.0.